The molecule has 0 saturated heterocycles. The van der Waals surface area contributed by atoms with E-state index in [2.05, 4.69) is 11.4 Å². The van der Waals surface area contributed by atoms with E-state index < -0.39 is 11.5 Å². The monoisotopic (exact) mass is 481 g/mol. The molecule has 7 heteroatoms. The van der Waals surface area contributed by atoms with E-state index in [1.54, 1.807) is 18.2 Å². The van der Waals surface area contributed by atoms with Crippen LogP contribution in [-0.2, 0) is 12.8 Å². The molecule has 2 heterocycles. The number of hydrogen-bond acceptors (Lipinski definition) is 6. The highest BCUT2D eigenvalue weighted by Gasteiger charge is 2.25. The van der Waals surface area contributed by atoms with E-state index in [0.717, 1.165) is 24.6 Å². The average molecular weight is 482 g/mol. The van der Waals surface area contributed by atoms with Gasteiger partial charge in [0.05, 0.1) is 19.9 Å². The number of benzene rings is 3. The zero-order valence-corrected chi connectivity index (χ0v) is 19.8. The van der Waals surface area contributed by atoms with E-state index in [-0.39, 0.29) is 5.56 Å². The molecular weight excluding hydrogens is 458 g/mol. The molecule has 36 heavy (non-hydrogen) atoms. The van der Waals surface area contributed by atoms with Gasteiger partial charge in [0.2, 0.25) is 0 Å². The van der Waals surface area contributed by atoms with Gasteiger partial charge in [-0.05, 0) is 66.8 Å². The maximum Gasteiger partial charge on any atom is 0.336 e. The third-order valence-electron chi connectivity index (χ3n) is 6.69. The molecule has 6 rings (SSSR count). The quantitative estimate of drug-likeness (QED) is 0.311. The number of fused-ring (bicyclic) bond motifs is 3. The summed E-state index contributed by atoms with van der Waals surface area (Å²) >= 11 is 0. The Balaban J connectivity index is 1.57. The molecule has 0 fully saturated rings. The first-order valence-corrected chi connectivity index (χ1v) is 11.7. The van der Waals surface area contributed by atoms with Crippen LogP contribution in [0.5, 0.6) is 11.5 Å². The number of anilines is 1. The zero-order valence-electron chi connectivity index (χ0n) is 19.8. The highest BCUT2D eigenvalue weighted by molar-refractivity contribution is 6.15. The van der Waals surface area contributed by atoms with Crippen molar-refractivity contribution in [2.24, 2.45) is 0 Å². The fourth-order valence-corrected chi connectivity index (χ4v) is 5.03. The summed E-state index contributed by atoms with van der Waals surface area (Å²) in [5.74, 6) is 0.713. The molecule has 3 aromatic carbocycles. The second-order valence-electron chi connectivity index (χ2n) is 8.74. The molecule has 0 aliphatic heterocycles. The van der Waals surface area contributed by atoms with Crippen molar-refractivity contribution in [3.8, 4) is 22.8 Å². The van der Waals surface area contributed by atoms with Crippen LogP contribution in [-0.4, -0.2) is 20.1 Å². The Morgan fingerprint density at radius 2 is 1.56 bits per heavy atom. The fourth-order valence-electron chi connectivity index (χ4n) is 5.03. The SMILES string of the molecule is COc1cccc(OC)c1C(=O)Nc1c(-c2cc(=O)oc3cc4c(cc23)CCC4)oc2ccccc12. The number of amides is 1. The predicted octanol–water partition coefficient (Wildman–Crippen LogP) is 5.96. The highest BCUT2D eigenvalue weighted by Crippen LogP contribution is 2.42. The highest BCUT2D eigenvalue weighted by atomic mass is 16.5. The minimum Gasteiger partial charge on any atom is -0.496 e. The van der Waals surface area contributed by atoms with Crippen molar-refractivity contribution in [1.82, 2.24) is 0 Å². The topological polar surface area (TPSA) is 90.9 Å². The first-order chi connectivity index (χ1) is 17.6. The van der Waals surface area contributed by atoms with Gasteiger partial charge < -0.3 is 23.6 Å². The number of hydrogen-bond donors (Lipinski definition) is 1. The Kier molecular flexibility index (Phi) is 5.25. The normalized spacial score (nSPS) is 12.6. The number of ether oxygens (including phenoxy) is 2. The molecule has 2 aromatic heterocycles. The van der Waals surface area contributed by atoms with Crippen LogP contribution in [0, 0.1) is 0 Å². The summed E-state index contributed by atoms with van der Waals surface area (Å²) < 4.78 is 22.7. The lowest BCUT2D eigenvalue weighted by atomic mass is 10.0. The summed E-state index contributed by atoms with van der Waals surface area (Å²) in [5, 5.41) is 4.48. The van der Waals surface area contributed by atoms with Gasteiger partial charge in [-0.15, -0.1) is 0 Å². The Bertz CT molecular complexity index is 1690. The number of rotatable bonds is 5. The number of carbonyl (C=O) groups is 1. The van der Waals surface area contributed by atoms with Crippen LogP contribution < -0.4 is 20.4 Å². The largest absolute Gasteiger partial charge is 0.496 e. The Labute approximate surface area is 206 Å². The Morgan fingerprint density at radius 3 is 2.31 bits per heavy atom. The van der Waals surface area contributed by atoms with Gasteiger partial charge in [0, 0.05) is 22.4 Å². The van der Waals surface area contributed by atoms with Crippen molar-refractivity contribution in [2.45, 2.75) is 19.3 Å². The maximum absolute atomic E-state index is 13.6. The molecule has 0 bridgehead atoms. The second kappa shape index (κ2) is 8.61. The summed E-state index contributed by atoms with van der Waals surface area (Å²) in [6.07, 6.45) is 3.00. The van der Waals surface area contributed by atoms with Crippen molar-refractivity contribution < 1.29 is 23.1 Å². The van der Waals surface area contributed by atoms with E-state index in [4.69, 9.17) is 18.3 Å². The molecular formula is C29H23NO6. The molecule has 1 N–H and O–H groups in total. The molecule has 0 radical (unpaired) electrons. The number of methoxy groups -OCH3 is 2. The molecule has 0 spiro atoms. The molecule has 0 unspecified atom stereocenters. The number of aryl methyl sites for hydroxylation is 2. The molecule has 0 atom stereocenters. The standard InChI is InChI=1S/C29H23NO6/c1-33-22-11-6-12-23(34-2)26(22)29(32)30-27-18-9-3-4-10-21(18)36-28(27)20-15-25(31)35-24-14-17-8-5-7-16(17)13-19(20)24/h3-4,6,9-15H,5,7-8H2,1-2H3,(H,30,32). The number of carbonyl (C=O) groups excluding carboxylic acids is 1. The van der Waals surface area contributed by atoms with Gasteiger partial charge in [-0.25, -0.2) is 4.79 Å². The summed E-state index contributed by atoms with van der Waals surface area (Å²) in [6, 6.07) is 18.0. The third kappa shape index (κ3) is 3.51. The van der Waals surface area contributed by atoms with Crippen LogP contribution in [0.25, 0.3) is 33.3 Å². The van der Waals surface area contributed by atoms with Gasteiger partial charge in [-0.2, -0.15) is 0 Å². The smallest absolute Gasteiger partial charge is 0.336 e. The number of para-hydroxylation sites is 1. The van der Waals surface area contributed by atoms with Crippen molar-refractivity contribution in [2.75, 3.05) is 19.5 Å². The third-order valence-corrected chi connectivity index (χ3v) is 6.69. The molecule has 180 valence electrons. The van der Waals surface area contributed by atoms with Gasteiger partial charge in [-0.1, -0.05) is 18.2 Å². The van der Waals surface area contributed by atoms with E-state index in [1.165, 1.54) is 31.4 Å². The van der Waals surface area contributed by atoms with Crippen molar-refractivity contribution in [3.63, 3.8) is 0 Å². The zero-order chi connectivity index (χ0) is 24.8. The van der Waals surface area contributed by atoms with Crippen LogP contribution in [0.4, 0.5) is 5.69 Å². The Morgan fingerprint density at radius 1 is 0.833 bits per heavy atom. The minimum absolute atomic E-state index is 0.258. The van der Waals surface area contributed by atoms with Crippen LogP contribution >= 0.6 is 0 Å². The van der Waals surface area contributed by atoms with Crippen LogP contribution in [0.2, 0.25) is 0 Å². The van der Waals surface area contributed by atoms with Gasteiger partial charge in [0.1, 0.15) is 28.2 Å². The lowest BCUT2D eigenvalue weighted by Crippen LogP contribution is -2.15. The number of nitrogens with one attached hydrogen (secondary N) is 1. The van der Waals surface area contributed by atoms with E-state index >= 15 is 0 Å². The summed E-state index contributed by atoms with van der Waals surface area (Å²) in [4.78, 5) is 26.2. The molecule has 1 aliphatic rings. The Hall–Kier alpha value is -4.52. The van der Waals surface area contributed by atoms with E-state index in [0.29, 0.717) is 45.1 Å². The lowest BCUT2D eigenvalue weighted by molar-refractivity contribution is 0.102. The minimum atomic E-state index is -0.487. The second-order valence-corrected chi connectivity index (χ2v) is 8.74. The molecule has 5 aromatic rings. The molecule has 0 saturated carbocycles. The summed E-state index contributed by atoms with van der Waals surface area (Å²) in [7, 11) is 3.00. The first kappa shape index (κ1) is 22.0. The average Bonchev–Trinajstić information content (AvgIpc) is 3.50. The lowest BCUT2D eigenvalue weighted by Gasteiger charge is -2.14. The van der Waals surface area contributed by atoms with Gasteiger partial charge in [0.15, 0.2) is 5.76 Å². The molecule has 7 nitrogen and oxygen atoms in total. The summed E-state index contributed by atoms with van der Waals surface area (Å²) in [6.45, 7) is 0. The first-order valence-electron chi connectivity index (χ1n) is 11.7. The molecule has 1 aliphatic carbocycles. The van der Waals surface area contributed by atoms with E-state index in [9.17, 15) is 9.59 Å². The van der Waals surface area contributed by atoms with E-state index in [1.807, 2.05) is 30.3 Å². The van der Waals surface area contributed by atoms with Crippen molar-refractivity contribution in [1.29, 1.82) is 0 Å². The fraction of sp³-hybridized carbons (Fsp3) is 0.172. The van der Waals surface area contributed by atoms with Crippen LogP contribution in [0.15, 0.2) is 74.3 Å². The van der Waals surface area contributed by atoms with Gasteiger partial charge in [-0.3, -0.25) is 4.79 Å². The van der Waals surface area contributed by atoms with Crippen molar-refractivity contribution >= 4 is 33.5 Å². The van der Waals surface area contributed by atoms with Gasteiger partial charge >= 0.3 is 5.63 Å². The molecule has 1 amide bonds. The maximum atomic E-state index is 13.6. The van der Waals surface area contributed by atoms with Crippen LogP contribution in [0.3, 0.4) is 0 Å². The van der Waals surface area contributed by atoms with Crippen molar-refractivity contribution in [3.05, 3.63) is 87.8 Å². The van der Waals surface area contributed by atoms with Gasteiger partial charge in [0.25, 0.3) is 5.91 Å². The summed E-state index contributed by atoms with van der Waals surface area (Å²) in [5.41, 5.74) is 4.31. The van der Waals surface area contributed by atoms with Crippen LogP contribution in [0.1, 0.15) is 27.9 Å². The number of furan rings is 1. The predicted molar refractivity (Wildman–Crippen MR) is 137 cm³/mol.